The smallest absolute Gasteiger partial charge is 0.214 e. The SMILES string of the molecule is COc1cc(N2CCc3c(c4cc(F)ccc4n3C)C2)ccn1. The Morgan fingerprint density at radius 2 is 2.09 bits per heavy atom. The predicted molar refractivity (Wildman–Crippen MR) is 88.4 cm³/mol. The molecule has 0 radical (unpaired) electrons. The summed E-state index contributed by atoms with van der Waals surface area (Å²) >= 11 is 0. The molecule has 3 heterocycles. The van der Waals surface area contributed by atoms with Crippen LogP contribution in [0.25, 0.3) is 10.9 Å². The van der Waals surface area contributed by atoms with Gasteiger partial charge in [0.25, 0.3) is 0 Å². The van der Waals surface area contributed by atoms with Gasteiger partial charge < -0.3 is 14.2 Å². The first-order valence-electron chi connectivity index (χ1n) is 7.68. The fraction of sp³-hybridized carbons (Fsp3) is 0.278. The fourth-order valence-corrected chi connectivity index (χ4v) is 3.48. The second-order valence-corrected chi connectivity index (χ2v) is 5.87. The zero-order valence-corrected chi connectivity index (χ0v) is 13.2. The summed E-state index contributed by atoms with van der Waals surface area (Å²) in [5.41, 5.74) is 4.67. The van der Waals surface area contributed by atoms with Crippen LogP contribution in [-0.4, -0.2) is 23.2 Å². The maximum atomic E-state index is 13.7. The van der Waals surface area contributed by atoms with Crippen LogP contribution in [0.2, 0.25) is 0 Å². The topological polar surface area (TPSA) is 30.3 Å². The molecule has 118 valence electrons. The van der Waals surface area contributed by atoms with Gasteiger partial charge in [-0.05, 0) is 24.3 Å². The third kappa shape index (κ3) is 2.23. The first-order valence-corrected chi connectivity index (χ1v) is 7.68. The van der Waals surface area contributed by atoms with Crippen molar-refractivity contribution in [2.75, 3.05) is 18.6 Å². The highest BCUT2D eigenvalue weighted by Gasteiger charge is 2.23. The molecule has 0 saturated heterocycles. The molecule has 0 aliphatic carbocycles. The Morgan fingerprint density at radius 1 is 1.22 bits per heavy atom. The normalized spacial score (nSPS) is 14.1. The molecule has 1 aromatic carbocycles. The number of pyridine rings is 1. The quantitative estimate of drug-likeness (QED) is 0.727. The lowest BCUT2D eigenvalue weighted by atomic mass is 10.0. The van der Waals surface area contributed by atoms with Crippen LogP contribution in [-0.2, 0) is 20.0 Å². The van der Waals surface area contributed by atoms with E-state index in [2.05, 4.69) is 21.5 Å². The molecular weight excluding hydrogens is 293 g/mol. The highest BCUT2D eigenvalue weighted by Crippen LogP contribution is 2.33. The average Bonchev–Trinajstić information content (AvgIpc) is 2.86. The van der Waals surface area contributed by atoms with Gasteiger partial charge in [0, 0.05) is 66.7 Å². The number of aryl methyl sites for hydroxylation is 1. The number of anilines is 1. The van der Waals surface area contributed by atoms with E-state index in [4.69, 9.17) is 4.74 Å². The predicted octanol–water partition coefficient (Wildman–Crippen LogP) is 3.28. The number of hydrogen-bond donors (Lipinski definition) is 0. The molecule has 0 bridgehead atoms. The summed E-state index contributed by atoms with van der Waals surface area (Å²) in [6.07, 6.45) is 2.69. The standard InChI is InChI=1S/C18H18FN3O/c1-21-16-4-3-12(19)9-14(16)15-11-22(8-6-17(15)21)13-5-7-20-18(10-13)23-2/h3-5,7,9-10H,6,8,11H2,1-2H3. The summed E-state index contributed by atoms with van der Waals surface area (Å²) in [6, 6.07) is 8.96. The van der Waals surface area contributed by atoms with Crippen LogP contribution in [0.5, 0.6) is 5.88 Å². The van der Waals surface area contributed by atoms with E-state index in [0.29, 0.717) is 5.88 Å². The van der Waals surface area contributed by atoms with Gasteiger partial charge in [-0.15, -0.1) is 0 Å². The summed E-state index contributed by atoms with van der Waals surface area (Å²) in [5, 5.41) is 1.01. The summed E-state index contributed by atoms with van der Waals surface area (Å²) in [6.45, 7) is 1.69. The van der Waals surface area contributed by atoms with Crippen LogP contribution in [0.3, 0.4) is 0 Å². The molecule has 4 rings (SSSR count). The van der Waals surface area contributed by atoms with E-state index >= 15 is 0 Å². The van der Waals surface area contributed by atoms with Crippen LogP contribution in [0.15, 0.2) is 36.5 Å². The van der Waals surface area contributed by atoms with Crippen molar-refractivity contribution in [2.45, 2.75) is 13.0 Å². The molecule has 3 aromatic rings. The maximum Gasteiger partial charge on any atom is 0.214 e. The molecular formula is C18H18FN3O. The lowest BCUT2D eigenvalue weighted by Crippen LogP contribution is -2.30. The minimum Gasteiger partial charge on any atom is -0.481 e. The number of methoxy groups -OCH3 is 1. The molecule has 2 aromatic heterocycles. The fourth-order valence-electron chi connectivity index (χ4n) is 3.48. The number of rotatable bonds is 2. The van der Waals surface area contributed by atoms with Crippen molar-refractivity contribution in [3.63, 3.8) is 0 Å². The van der Waals surface area contributed by atoms with Gasteiger partial charge in [-0.3, -0.25) is 0 Å². The molecule has 0 unspecified atom stereocenters. The van der Waals surface area contributed by atoms with E-state index in [1.54, 1.807) is 19.4 Å². The third-order valence-electron chi connectivity index (χ3n) is 4.66. The van der Waals surface area contributed by atoms with Crippen molar-refractivity contribution < 1.29 is 9.13 Å². The van der Waals surface area contributed by atoms with Gasteiger partial charge in [0.15, 0.2) is 0 Å². The van der Waals surface area contributed by atoms with E-state index < -0.39 is 0 Å². The molecule has 0 fully saturated rings. The Balaban J connectivity index is 1.78. The van der Waals surface area contributed by atoms with Gasteiger partial charge in [0.05, 0.1) is 7.11 Å². The number of aromatic nitrogens is 2. The second kappa shape index (κ2) is 5.26. The van der Waals surface area contributed by atoms with Crippen LogP contribution in [0, 0.1) is 5.82 Å². The molecule has 23 heavy (non-hydrogen) atoms. The average molecular weight is 311 g/mol. The Morgan fingerprint density at radius 3 is 2.91 bits per heavy atom. The van der Waals surface area contributed by atoms with Gasteiger partial charge in [0.2, 0.25) is 5.88 Å². The van der Waals surface area contributed by atoms with Crippen molar-refractivity contribution in [3.8, 4) is 5.88 Å². The van der Waals surface area contributed by atoms with Gasteiger partial charge >= 0.3 is 0 Å². The number of halogens is 1. The van der Waals surface area contributed by atoms with Crippen LogP contribution in [0.1, 0.15) is 11.3 Å². The molecule has 0 saturated carbocycles. The van der Waals surface area contributed by atoms with E-state index in [0.717, 1.165) is 36.1 Å². The summed E-state index contributed by atoms with van der Waals surface area (Å²) in [5.74, 6) is 0.422. The van der Waals surface area contributed by atoms with Gasteiger partial charge in [-0.25, -0.2) is 9.37 Å². The number of ether oxygens (including phenoxy) is 1. The molecule has 1 aliphatic heterocycles. The Labute approximate surface area is 134 Å². The largest absolute Gasteiger partial charge is 0.481 e. The highest BCUT2D eigenvalue weighted by atomic mass is 19.1. The van der Waals surface area contributed by atoms with Crippen molar-refractivity contribution in [1.82, 2.24) is 9.55 Å². The molecule has 4 nitrogen and oxygen atoms in total. The number of nitrogens with zero attached hydrogens (tertiary/aromatic N) is 3. The Bertz CT molecular complexity index is 887. The van der Waals surface area contributed by atoms with Crippen LogP contribution >= 0.6 is 0 Å². The third-order valence-corrected chi connectivity index (χ3v) is 4.66. The second-order valence-electron chi connectivity index (χ2n) is 5.87. The lowest BCUT2D eigenvalue weighted by Gasteiger charge is -2.30. The van der Waals surface area contributed by atoms with E-state index in [9.17, 15) is 4.39 Å². The minimum absolute atomic E-state index is 0.186. The van der Waals surface area contributed by atoms with E-state index in [-0.39, 0.29) is 5.82 Å². The number of benzene rings is 1. The highest BCUT2D eigenvalue weighted by molar-refractivity contribution is 5.86. The van der Waals surface area contributed by atoms with Crippen LogP contribution in [0.4, 0.5) is 10.1 Å². The van der Waals surface area contributed by atoms with Gasteiger partial charge in [-0.2, -0.15) is 0 Å². The zero-order chi connectivity index (χ0) is 16.0. The first-order chi connectivity index (χ1) is 11.2. The van der Waals surface area contributed by atoms with E-state index in [1.807, 2.05) is 18.2 Å². The van der Waals surface area contributed by atoms with Crippen molar-refractivity contribution in [2.24, 2.45) is 7.05 Å². The summed E-state index contributed by atoms with van der Waals surface area (Å²) < 4.78 is 21.1. The van der Waals surface area contributed by atoms with Crippen molar-refractivity contribution >= 4 is 16.6 Å². The molecule has 0 N–H and O–H groups in total. The summed E-state index contributed by atoms with van der Waals surface area (Å²) in [7, 11) is 3.68. The van der Waals surface area contributed by atoms with Crippen molar-refractivity contribution in [1.29, 1.82) is 0 Å². The summed E-state index contributed by atoms with van der Waals surface area (Å²) in [4.78, 5) is 6.45. The molecule has 0 amide bonds. The van der Waals surface area contributed by atoms with Gasteiger partial charge in [-0.1, -0.05) is 0 Å². The van der Waals surface area contributed by atoms with Crippen molar-refractivity contribution in [3.05, 3.63) is 53.6 Å². The van der Waals surface area contributed by atoms with Crippen LogP contribution < -0.4 is 9.64 Å². The first kappa shape index (κ1) is 14.1. The zero-order valence-electron chi connectivity index (χ0n) is 13.2. The Hall–Kier alpha value is -2.56. The number of hydrogen-bond acceptors (Lipinski definition) is 3. The Kier molecular flexibility index (Phi) is 3.22. The number of fused-ring (bicyclic) bond motifs is 3. The lowest BCUT2D eigenvalue weighted by molar-refractivity contribution is 0.398. The minimum atomic E-state index is -0.186. The molecule has 0 spiro atoms. The van der Waals surface area contributed by atoms with Gasteiger partial charge in [0.1, 0.15) is 5.82 Å². The monoisotopic (exact) mass is 311 g/mol. The molecule has 5 heteroatoms. The molecule has 1 aliphatic rings. The van der Waals surface area contributed by atoms with E-state index in [1.165, 1.54) is 17.3 Å². The maximum absolute atomic E-state index is 13.7. The molecule has 0 atom stereocenters.